The van der Waals surface area contributed by atoms with Gasteiger partial charge in [-0.15, -0.1) is 0 Å². The van der Waals surface area contributed by atoms with Gasteiger partial charge in [-0.05, 0) is 25.3 Å². The molecule has 0 aliphatic carbocycles. The molecule has 0 spiro atoms. The monoisotopic (exact) mass is 312 g/mol. The van der Waals surface area contributed by atoms with E-state index in [1.165, 1.54) is 4.31 Å². The second kappa shape index (κ2) is 6.55. The third kappa shape index (κ3) is 4.03. The van der Waals surface area contributed by atoms with Crippen molar-refractivity contribution in [2.45, 2.75) is 25.8 Å². The number of hydrogen-bond donors (Lipinski definition) is 2. The first-order chi connectivity index (χ1) is 9.90. The summed E-state index contributed by atoms with van der Waals surface area (Å²) in [5.41, 5.74) is 0.868. The van der Waals surface area contributed by atoms with Crippen LogP contribution in [0.25, 0.3) is 0 Å². The van der Waals surface area contributed by atoms with E-state index in [1.807, 2.05) is 30.3 Å². The summed E-state index contributed by atoms with van der Waals surface area (Å²) in [4.78, 5) is 11.0. The highest BCUT2D eigenvalue weighted by atomic mass is 32.2. The molecule has 1 saturated heterocycles. The van der Waals surface area contributed by atoms with Gasteiger partial charge in [0.1, 0.15) is 0 Å². The average Bonchev–Trinajstić information content (AvgIpc) is 2.48. The van der Waals surface area contributed by atoms with Gasteiger partial charge < -0.3 is 5.11 Å². The molecule has 0 amide bonds. The Labute approximate surface area is 125 Å². The molecule has 1 heterocycles. The van der Waals surface area contributed by atoms with Gasteiger partial charge in [-0.2, -0.15) is 17.4 Å². The van der Waals surface area contributed by atoms with Gasteiger partial charge in [-0.3, -0.25) is 4.79 Å². The SMILES string of the molecule is C[C@H](NS(=O)(=O)N1CCCC(C(=O)O)C1)c1ccccc1. The van der Waals surface area contributed by atoms with Gasteiger partial charge in [-0.25, -0.2) is 0 Å². The maximum Gasteiger partial charge on any atom is 0.307 e. The predicted octanol–water partition coefficient (Wildman–Crippen LogP) is 1.38. The lowest BCUT2D eigenvalue weighted by Crippen LogP contribution is -2.47. The smallest absolute Gasteiger partial charge is 0.307 e. The molecule has 0 aromatic heterocycles. The molecule has 1 aliphatic heterocycles. The molecular formula is C14H20N2O4S. The van der Waals surface area contributed by atoms with E-state index in [2.05, 4.69) is 4.72 Å². The largest absolute Gasteiger partial charge is 0.481 e. The van der Waals surface area contributed by atoms with E-state index in [0.717, 1.165) is 5.56 Å². The fourth-order valence-corrected chi connectivity index (χ4v) is 3.95. The Hall–Kier alpha value is -1.44. The van der Waals surface area contributed by atoms with E-state index < -0.39 is 22.1 Å². The number of carboxylic acid groups (broad SMARTS) is 1. The Balaban J connectivity index is 2.06. The molecule has 0 saturated carbocycles. The summed E-state index contributed by atoms with van der Waals surface area (Å²) in [6.45, 7) is 2.16. The Morgan fingerprint density at radius 1 is 1.38 bits per heavy atom. The Bertz CT molecular complexity index is 588. The van der Waals surface area contributed by atoms with Crippen molar-refractivity contribution in [1.29, 1.82) is 0 Å². The summed E-state index contributed by atoms with van der Waals surface area (Å²) < 4.78 is 28.6. The van der Waals surface area contributed by atoms with Crippen molar-refractivity contribution in [3.05, 3.63) is 35.9 Å². The van der Waals surface area contributed by atoms with Gasteiger partial charge in [0.25, 0.3) is 10.2 Å². The number of piperidine rings is 1. The highest BCUT2D eigenvalue weighted by Gasteiger charge is 2.32. The van der Waals surface area contributed by atoms with Crippen LogP contribution in [0.4, 0.5) is 0 Å². The molecule has 2 atom stereocenters. The summed E-state index contributed by atoms with van der Waals surface area (Å²) >= 11 is 0. The van der Waals surface area contributed by atoms with Gasteiger partial charge in [0.2, 0.25) is 0 Å². The van der Waals surface area contributed by atoms with Crippen LogP contribution in [0.2, 0.25) is 0 Å². The summed E-state index contributed by atoms with van der Waals surface area (Å²) in [6.07, 6.45) is 1.09. The van der Waals surface area contributed by atoms with Crippen LogP contribution in [0, 0.1) is 5.92 Å². The van der Waals surface area contributed by atoms with E-state index in [4.69, 9.17) is 5.11 Å². The van der Waals surface area contributed by atoms with Gasteiger partial charge in [0.15, 0.2) is 0 Å². The number of aliphatic carboxylic acids is 1. The fourth-order valence-electron chi connectivity index (χ4n) is 2.47. The number of carbonyl (C=O) groups is 1. The summed E-state index contributed by atoms with van der Waals surface area (Å²) in [7, 11) is -3.68. The van der Waals surface area contributed by atoms with Gasteiger partial charge in [-0.1, -0.05) is 30.3 Å². The number of nitrogens with zero attached hydrogens (tertiary/aromatic N) is 1. The molecule has 2 rings (SSSR count). The van der Waals surface area contributed by atoms with Crippen molar-refractivity contribution in [3.8, 4) is 0 Å². The zero-order valence-electron chi connectivity index (χ0n) is 11.9. The molecule has 1 unspecified atom stereocenters. The van der Waals surface area contributed by atoms with Crippen LogP contribution in [-0.2, 0) is 15.0 Å². The van der Waals surface area contributed by atoms with Crippen molar-refractivity contribution in [1.82, 2.24) is 9.03 Å². The van der Waals surface area contributed by atoms with Crippen LogP contribution in [-0.4, -0.2) is 36.9 Å². The molecule has 1 fully saturated rings. The van der Waals surface area contributed by atoms with E-state index in [1.54, 1.807) is 6.92 Å². The molecule has 1 aliphatic rings. The van der Waals surface area contributed by atoms with Crippen LogP contribution < -0.4 is 4.72 Å². The zero-order chi connectivity index (χ0) is 15.5. The van der Waals surface area contributed by atoms with Crippen molar-refractivity contribution >= 4 is 16.2 Å². The van der Waals surface area contributed by atoms with Gasteiger partial charge in [0, 0.05) is 19.1 Å². The quantitative estimate of drug-likeness (QED) is 0.860. The highest BCUT2D eigenvalue weighted by Crippen LogP contribution is 2.20. The van der Waals surface area contributed by atoms with E-state index in [-0.39, 0.29) is 12.6 Å². The van der Waals surface area contributed by atoms with Crippen LogP contribution in [0.3, 0.4) is 0 Å². The van der Waals surface area contributed by atoms with Crippen molar-refractivity contribution in [3.63, 3.8) is 0 Å². The molecule has 0 radical (unpaired) electrons. The molecule has 1 aromatic rings. The molecule has 2 N–H and O–H groups in total. The molecule has 21 heavy (non-hydrogen) atoms. The predicted molar refractivity (Wildman–Crippen MR) is 78.8 cm³/mol. The minimum absolute atomic E-state index is 0.0339. The van der Waals surface area contributed by atoms with E-state index in [9.17, 15) is 13.2 Å². The topological polar surface area (TPSA) is 86.7 Å². The summed E-state index contributed by atoms with van der Waals surface area (Å²) in [5, 5.41) is 9.04. The minimum atomic E-state index is -3.68. The van der Waals surface area contributed by atoms with Gasteiger partial charge in [0.05, 0.1) is 5.92 Å². The normalized spacial score (nSPS) is 21.9. The first-order valence-corrected chi connectivity index (χ1v) is 8.39. The Morgan fingerprint density at radius 3 is 2.67 bits per heavy atom. The van der Waals surface area contributed by atoms with E-state index >= 15 is 0 Å². The Kier molecular flexibility index (Phi) is 4.97. The Morgan fingerprint density at radius 2 is 2.05 bits per heavy atom. The molecule has 116 valence electrons. The number of rotatable bonds is 5. The third-order valence-electron chi connectivity index (χ3n) is 3.70. The van der Waals surface area contributed by atoms with Crippen LogP contribution in [0.1, 0.15) is 31.4 Å². The number of carboxylic acids is 1. The number of benzene rings is 1. The standard InChI is InChI=1S/C14H20N2O4S/c1-11(12-6-3-2-4-7-12)15-21(19,20)16-9-5-8-13(10-16)14(17)18/h2-4,6-7,11,13,15H,5,8-10H2,1H3,(H,17,18)/t11-,13?/m0/s1. The lowest BCUT2D eigenvalue weighted by atomic mass is 10.0. The molecular weight excluding hydrogens is 292 g/mol. The summed E-state index contributed by atoms with van der Waals surface area (Å²) in [5.74, 6) is -1.56. The fraction of sp³-hybridized carbons (Fsp3) is 0.500. The maximum atomic E-state index is 12.4. The lowest BCUT2D eigenvalue weighted by molar-refractivity contribution is -0.142. The highest BCUT2D eigenvalue weighted by molar-refractivity contribution is 7.87. The lowest BCUT2D eigenvalue weighted by Gasteiger charge is -2.30. The van der Waals surface area contributed by atoms with Crippen molar-refractivity contribution < 1.29 is 18.3 Å². The maximum absolute atomic E-state index is 12.4. The minimum Gasteiger partial charge on any atom is -0.481 e. The first-order valence-electron chi connectivity index (χ1n) is 6.95. The zero-order valence-corrected chi connectivity index (χ0v) is 12.7. The van der Waals surface area contributed by atoms with Crippen LogP contribution in [0.15, 0.2) is 30.3 Å². The third-order valence-corrected chi connectivity index (χ3v) is 5.36. The number of nitrogens with one attached hydrogen (secondary N) is 1. The number of hydrogen-bond acceptors (Lipinski definition) is 3. The molecule has 7 heteroatoms. The van der Waals surface area contributed by atoms with Crippen LogP contribution >= 0.6 is 0 Å². The van der Waals surface area contributed by atoms with Crippen LogP contribution in [0.5, 0.6) is 0 Å². The molecule has 1 aromatic carbocycles. The van der Waals surface area contributed by atoms with Gasteiger partial charge >= 0.3 is 5.97 Å². The van der Waals surface area contributed by atoms with E-state index in [0.29, 0.717) is 19.4 Å². The van der Waals surface area contributed by atoms with Crippen molar-refractivity contribution in [2.75, 3.05) is 13.1 Å². The molecule has 6 nitrogen and oxygen atoms in total. The summed E-state index contributed by atoms with van der Waals surface area (Å²) in [6, 6.07) is 8.91. The second-order valence-electron chi connectivity index (χ2n) is 5.29. The van der Waals surface area contributed by atoms with Crippen molar-refractivity contribution in [2.24, 2.45) is 5.92 Å². The molecule has 0 bridgehead atoms. The average molecular weight is 312 g/mol. The second-order valence-corrected chi connectivity index (χ2v) is 6.99. The first kappa shape index (κ1) is 15.9.